The van der Waals surface area contributed by atoms with Crippen LogP contribution in [0.5, 0.6) is 0 Å². The van der Waals surface area contributed by atoms with E-state index in [-0.39, 0.29) is 11.3 Å². The summed E-state index contributed by atoms with van der Waals surface area (Å²) in [6.45, 7) is 2.96. The number of carbonyl (C=O) groups excluding carboxylic acids is 1. The summed E-state index contributed by atoms with van der Waals surface area (Å²) in [5.41, 5.74) is 0. The van der Waals surface area contributed by atoms with Gasteiger partial charge in [0.15, 0.2) is 0 Å². The van der Waals surface area contributed by atoms with Crippen LogP contribution in [0.4, 0.5) is 0 Å². The summed E-state index contributed by atoms with van der Waals surface area (Å²) in [6, 6.07) is 8.13. The highest BCUT2D eigenvalue weighted by molar-refractivity contribution is 7.99. The van der Waals surface area contributed by atoms with Crippen molar-refractivity contribution in [1.82, 2.24) is 4.90 Å². The van der Waals surface area contributed by atoms with Crippen LogP contribution in [-0.2, 0) is 0 Å². The number of nitrogens with zero attached hydrogens (tertiary/aromatic N) is 1. The molecule has 3 rings (SSSR count). The SMILES string of the molecule is Cc1ccc([C@H]2SCCN2C(=O)c2cccs2)s1. The summed E-state index contributed by atoms with van der Waals surface area (Å²) in [6.07, 6.45) is 0. The zero-order chi connectivity index (χ0) is 12.5. The van der Waals surface area contributed by atoms with Crippen molar-refractivity contribution >= 4 is 40.3 Å². The summed E-state index contributed by atoms with van der Waals surface area (Å²) in [4.78, 5) is 17.9. The molecule has 2 aromatic heterocycles. The lowest BCUT2D eigenvalue weighted by Gasteiger charge is -2.22. The van der Waals surface area contributed by atoms with Crippen LogP contribution in [0.2, 0.25) is 0 Å². The highest BCUT2D eigenvalue weighted by Crippen LogP contribution is 2.41. The van der Waals surface area contributed by atoms with Crippen LogP contribution >= 0.6 is 34.4 Å². The largest absolute Gasteiger partial charge is 0.320 e. The molecular weight excluding hydrogens is 282 g/mol. The van der Waals surface area contributed by atoms with Gasteiger partial charge in [-0.15, -0.1) is 34.4 Å². The molecule has 0 saturated carbocycles. The molecule has 5 heteroatoms. The fraction of sp³-hybridized carbons (Fsp3) is 0.308. The minimum absolute atomic E-state index is 0.172. The Bertz CT molecular complexity index is 546. The van der Waals surface area contributed by atoms with Gasteiger partial charge in [-0.05, 0) is 30.5 Å². The third kappa shape index (κ3) is 2.22. The molecule has 3 heterocycles. The first kappa shape index (κ1) is 12.3. The maximum absolute atomic E-state index is 12.4. The van der Waals surface area contributed by atoms with E-state index in [4.69, 9.17) is 0 Å². The van der Waals surface area contributed by atoms with Gasteiger partial charge in [-0.1, -0.05) is 6.07 Å². The molecule has 0 aromatic carbocycles. The highest BCUT2D eigenvalue weighted by Gasteiger charge is 2.32. The van der Waals surface area contributed by atoms with E-state index in [1.807, 2.05) is 34.2 Å². The van der Waals surface area contributed by atoms with Crippen molar-refractivity contribution in [1.29, 1.82) is 0 Å². The first-order valence-corrected chi connectivity index (χ1v) is 8.52. The standard InChI is InChI=1S/C13H13NOS3/c1-9-4-5-11(18-9)13-14(6-8-17-13)12(15)10-3-2-7-16-10/h2-5,7,13H,6,8H2,1H3/t13-/m1/s1. The Morgan fingerprint density at radius 2 is 2.28 bits per heavy atom. The summed E-state index contributed by atoms with van der Waals surface area (Å²) in [7, 11) is 0. The van der Waals surface area contributed by atoms with Crippen molar-refractivity contribution in [2.45, 2.75) is 12.3 Å². The number of hydrogen-bond donors (Lipinski definition) is 0. The molecule has 94 valence electrons. The molecule has 1 fully saturated rings. The van der Waals surface area contributed by atoms with E-state index in [1.165, 1.54) is 21.1 Å². The quantitative estimate of drug-likeness (QED) is 0.834. The summed E-state index contributed by atoms with van der Waals surface area (Å²) in [5.74, 6) is 1.20. The molecule has 1 aliphatic heterocycles. The summed E-state index contributed by atoms with van der Waals surface area (Å²) < 4.78 is 0. The van der Waals surface area contributed by atoms with E-state index in [1.54, 1.807) is 11.3 Å². The van der Waals surface area contributed by atoms with Crippen LogP contribution < -0.4 is 0 Å². The number of rotatable bonds is 2. The lowest BCUT2D eigenvalue weighted by atomic mass is 10.3. The Morgan fingerprint density at radius 3 is 2.94 bits per heavy atom. The second-order valence-corrected chi connectivity index (χ2v) is 7.60. The van der Waals surface area contributed by atoms with Crippen LogP contribution in [-0.4, -0.2) is 23.1 Å². The number of amides is 1. The molecule has 0 N–H and O–H groups in total. The molecular formula is C13H13NOS3. The van der Waals surface area contributed by atoms with Crippen LogP contribution in [0.15, 0.2) is 29.6 Å². The fourth-order valence-electron chi connectivity index (χ4n) is 2.04. The fourth-order valence-corrected chi connectivity index (χ4v) is 5.09. The maximum atomic E-state index is 12.4. The minimum Gasteiger partial charge on any atom is -0.320 e. The van der Waals surface area contributed by atoms with Crippen molar-refractivity contribution < 1.29 is 4.79 Å². The van der Waals surface area contributed by atoms with Gasteiger partial charge in [0.25, 0.3) is 5.91 Å². The third-order valence-electron chi connectivity index (χ3n) is 2.89. The average Bonchev–Trinajstić information content (AvgIpc) is 3.09. The van der Waals surface area contributed by atoms with E-state index in [2.05, 4.69) is 19.1 Å². The van der Waals surface area contributed by atoms with E-state index in [0.29, 0.717) is 0 Å². The minimum atomic E-state index is 0.172. The maximum Gasteiger partial charge on any atom is 0.265 e. The van der Waals surface area contributed by atoms with Crippen LogP contribution in [0.1, 0.15) is 24.8 Å². The van der Waals surface area contributed by atoms with Gasteiger partial charge in [0.1, 0.15) is 5.37 Å². The van der Waals surface area contributed by atoms with E-state index >= 15 is 0 Å². The molecule has 18 heavy (non-hydrogen) atoms. The van der Waals surface area contributed by atoms with Gasteiger partial charge in [-0.25, -0.2) is 0 Å². The van der Waals surface area contributed by atoms with E-state index in [9.17, 15) is 4.79 Å². The third-order valence-corrected chi connectivity index (χ3v) is 6.19. The lowest BCUT2D eigenvalue weighted by Crippen LogP contribution is -2.29. The number of thiophene rings is 2. The van der Waals surface area contributed by atoms with Gasteiger partial charge in [0, 0.05) is 22.1 Å². The normalized spacial score (nSPS) is 19.4. The molecule has 1 aliphatic rings. The first-order valence-electron chi connectivity index (χ1n) is 5.78. The molecule has 0 spiro atoms. The predicted molar refractivity (Wildman–Crippen MR) is 79.6 cm³/mol. The van der Waals surface area contributed by atoms with Gasteiger partial charge >= 0.3 is 0 Å². The Morgan fingerprint density at radius 1 is 1.39 bits per heavy atom. The summed E-state index contributed by atoms with van der Waals surface area (Å²) in [5, 5.41) is 2.17. The van der Waals surface area contributed by atoms with Crippen molar-refractivity contribution in [3.63, 3.8) is 0 Å². The molecule has 2 aromatic rings. The smallest absolute Gasteiger partial charge is 0.265 e. The Hall–Kier alpha value is -0.780. The lowest BCUT2D eigenvalue weighted by molar-refractivity contribution is 0.0766. The second kappa shape index (κ2) is 5.07. The topological polar surface area (TPSA) is 20.3 Å². The summed E-state index contributed by atoms with van der Waals surface area (Å²) >= 11 is 5.18. The Labute approximate surface area is 119 Å². The van der Waals surface area contributed by atoms with Crippen LogP contribution in [0, 0.1) is 6.92 Å². The number of aryl methyl sites for hydroxylation is 1. The zero-order valence-corrected chi connectivity index (χ0v) is 12.4. The highest BCUT2D eigenvalue weighted by atomic mass is 32.2. The van der Waals surface area contributed by atoms with Gasteiger partial charge in [-0.2, -0.15) is 0 Å². The van der Waals surface area contributed by atoms with E-state index < -0.39 is 0 Å². The molecule has 0 unspecified atom stereocenters. The molecule has 0 aliphatic carbocycles. The molecule has 0 radical (unpaired) electrons. The van der Waals surface area contributed by atoms with Gasteiger partial charge < -0.3 is 4.90 Å². The van der Waals surface area contributed by atoms with E-state index in [0.717, 1.165) is 17.2 Å². The number of hydrogen-bond acceptors (Lipinski definition) is 4. The van der Waals surface area contributed by atoms with Gasteiger partial charge in [0.2, 0.25) is 0 Å². The van der Waals surface area contributed by atoms with Crippen molar-refractivity contribution in [2.75, 3.05) is 12.3 Å². The Balaban J connectivity index is 1.85. The second-order valence-electron chi connectivity index (χ2n) is 4.15. The number of thioether (sulfide) groups is 1. The van der Waals surface area contributed by atoms with Crippen molar-refractivity contribution in [3.05, 3.63) is 44.3 Å². The molecule has 0 bridgehead atoms. The molecule has 2 nitrogen and oxygen atoms in total. The first-order chi connectivity index (χ1) is 8.75. The molecule has 1 saturated heterocycles. The molecule has 1 atom stereocenters. The zero-order valence-electron chi connectivity index (χ0n) is 9.96. The Kier molecular flexibility index (Phi) is 3.46. The molecule has 1 amide bonds. The van der Waals surface area contributed by atoms with Crippen molar-refractivity contribution in [2.24, 2.45) is 0 Å². The van der Waals surface area contributed by atoms with Gasteiger partial charge in [-0.3, -0.25) is 4.79 Å². The number of carbonyl (C=O) groups is 1. The van der Waals surface area contributed by atoms with Crippen LogP contribution in [0.25, 0.3) is 0 Å². The monoisotopic (exact) mass is 295 g/mol. The van der Waals surface area contributed by atoms with Crippen LogP contribution in [0.3, 0.4) is 0 Å². The average molecular weight is 295 g/mol. The van der Waals surface area contributed by atoms with Crippen molar-refractivity contribution in [3.8, 4) is 0 Å². The predicted octanol–water partition coefficient (Wildman–Crippen LogP) is 4.01. The van der Waals surface area contributed by atoms with Gasteiger partial charge in [0.05, 0.1) is 4.88 Å².